The van der Waals surface area contributed by atoms with Crippen LogP contribution in [0, 0.1) is 5.82 Å². The van der Waals surface area contributed by atoms with Crippen molar-refractivity contribution in [1.29, 1.82) is 0 Å². The predicted molar refractivity (Wildman–Crippen MR) is 273 cm³/mol. The lowest BCUT2D eigenvalue weighted by atomic mass is 10.1. The van der Waals surface area contributed by atoms with Gasteiger partial charge in [0.25, 0.3) is 35.4 Å². The second kappa shape index (κ2) is 28.0. The third-order valence-corrected chi connectivity index (χ3v) is 10.9. The summed E-state index contributed by atoms with van der Waals surface area (Å²) in [4.78, 5) is 80.3. The molecule has 6 rings (SSSR count). The Bertz CT molecular complexity index is 2860. The Morgan fingerprint density at radius 2 is 0.880 bits per heavy atom. The van der Waals surface area contributed by atoms with Crippen LogP contribution < -0.4 is 46.1 Å². The maximum Gasteiger partial charge on any atom is 0.416 e. The average Bonchev–Trinajstić information content (AvgIpc) is 4.16. The molecule has 9 N–H and O–H groups in total. The molecule has 18 nitrogen and oxygen atoms in total. The average molecular weight is 1050 g/mol. The highest BCUT2D eigenvalue weighted by atomic mass is 19.4. The van der Waals surface area contributed by atoms with Crippen LogP contribution >= 0.6 is 0 Å². The van der Waals surface area contributed by atoms with Crippen molar-refractivity contribution >= 4 is 35.4 Å². The summed E-state index contributed by atoms with van der Waals surface area (Å²) < 4.78 is 69.2. The van der Waals surface area contributed by atoms with Crippen molar-refractivity contribution < 1.29 is 60.5 Å². The summed E-state index contributed by atoms with van der Waals surface area (Å²) in [6, 6.07) is 24.8. The number of aromatic amines is 3. The summed E-state index contributed by atoms with van der Waals surface area (Å²) in [5.41, 5.74) is 2.32. The molecule has 0 radical (unpaired) electrons. The lowest BCUT2D eigenvalue weighted by molar-refractivity contribution is -0.137. The van der Waals surface area contributed by atoms with Crippen LogP contribution in [0.2, 0.25) is 0 Å². The Morgan fingerprint density at radius 1 is 0.493 bits per heavy atom. The molecule has 3 atom stereocenters. The SMILES string of the molecule is CCNC(=O)c1cc(OC(C)c2ccc(F)cc2)c(C(=O)NC)[nH]1.CCNC(=O)c1cc(OC(C)c2cccc(C(F)(F)F)c2)c(C(=O)NC)[nH]1.CCNC(=O)c1cc(OC(CC)c2ccccc2)c(C(=O)NC)[nH]1. The molecule has 0 aliphatic carbocycles. The highest BCUT2D eigenvalue weighted by molar-refractivity contribution is 6.01. The summed E-state index contributed by atoms with van der Waals surface area (Å²) >= 11 is 0. The van der Waals surface area contributed by atoms with Crippen molar-refractivity contribution in [2.75, 3.05) is 40.8 Å². The molecule has 402 valence electrons. The van der Waals surface area contributed by atoms with Crippen LogP contribution in [0.25, 0.3) is 0 Å². The molecule has 0 aliphatic rings. The van der Waals surface area contributed by atoms with Gasteiger partial charge >= 0.3 is 6.18 Å². The summed E-state index contributed by atoms with van der Waals surface area (Å²) in [6.45, 7) is 12.1. The second-order valence-corrected chi connectivity index (χ2v) is 16.2. The smallest absolute Gasteiger partial charge is 0.416 e. The van der Waals surface area contributed by atoms with Gasteiger partial charge < -0.3 is 61.1 Å². The van der Waals surface area contributed by atoms with Crippen LogP contribution in [0.4, 0.5) is 17.6 Å². The first kappa shape index (κ1) is 59.0. The molecule has 0 spiro atoms. The molecule has 0 aliphatic heterocycles. The van der Waals surface area contributed by atoms with Crippen molar-refractivity contribution in [2.24, 2.45) is 0 Å². The number of halogens is 4. The monoisotopic (exact) mass is 1050 g/mol. The fourth-order valence-electron chi connectivity index (χ4n) is 7.03. The molecule has 0 fully saturated rings. The van der Waals surface area contributed by atoms with E-state index in [0.717, 1.165) is 29.7 Å². The Kier molecular flexibility index (Phi) is 22.1. The normalized spacial score (nSPS) is 11.9. The number of nitrogens with one attached hydrogen (secondary N) is 9. The number of ether oxygens (including phenoxy) is 3. The third-order valence-electron chi connectivity index (χ3n) is 10.9. The van der Waals surface area contributed by atoms with Crippen LogP contribution in [0.15, 0.2) is 97.1 Å². The number of amides is 6. The minimum Gasteiger partial charge on any atom is -0.484 e. The Labute approximate surface area is 431 Å². The first-order valence-corrected chi connectivity index (χ1v) is 23.9. The number of hydrogen-bond donors (Lipinski definition) is 9. The molecule has 0 saturated carbocycles. The number of H-pyrrole nitrogens is 3. The van der Waals surface area contributed by atoms with Gasteiger partial charge in [0.05, 0.1) is 5.56 Å². The van der Waals surface area contributed by atoms with Crippen molar-refractivity contribution in [2.45, 2.75) is 72.5 Å². The number of aromatic nitrogens is 3. The zero-order valence-electron chi connectivity index (χ0n) is 43.0. The number of alkyl halides is 3. The van der Waals surface area contributed by atoms with E-state index in [1.165, 1.54) is 57.5 Å². The van der Waals surface area contributed by atoms with E-state index in [1.807, 2.05) is 44.2 Å². The van der Waals surface area contributed by atoms with E-state index in [1.54, 1.807) is 45.9 Å². The Morgan fingerprint density at radius 3 is 1.25 bits per heavy atom. The van der Waals surface area contributed by atoms with Gasteiger partial charge in [-0.2, -0.15) is 13.2 Å². The van der Waals surface area contributed by atoms with E-state index in [4.69, 9.17) is 14.2 Å². The number of carbonyl (C=O) groups excluding carboxylic acids is 6. The largest absolute Gasteiger partial charge is 0.484 e. The van der Waals surface area contributed by atoms with Crippen LogP contribution in [-0.4, -0.2) is 91.2 Å². The molecule has 0 bridgehead atoms. The van der Waals surface area contributed by atoms with Crippen LogP contribution in [0.3, 0.4) is 0 Å². The molecule has 6 aromatic rings. The van der Waals surface area contributed by atoms with Gasteiger partial charge in [0, 0.05) is 59.0 Å². The van der Waals surface area contributed by atoms with E-state index in [-0.39, 0.29) is 75.2 Å². The van der Waals surface area contributed by atoms with Crippen molar-refractivity contribution in [3.63, 3.8) is 0 Å². The van der Waals surface area contributed by atoms with Gasteiger partial charge in [-0.15, -0.1) is 0 Å². The highest BCUT2D eigenvalue weighted by Gasteiger charge is 2.31. The van der Waals surface area contributed by atoms with Gasteiger partial charge in [-0.1, -0.05) is 61.5 Å². The lowest BCUT2D eigenvalue weighted by Gasteiger charge is -2.17. The standard InChI is InChI=1S/C18H20F3N3O3.C18H23N3O3.C17H20FN3O3/c1-4-23-16(25)13-9-14(15(24-13)17(26)22-3)27-10(2)11-6-5-7-12(8-11)18(19,20)21;1-4-14(12-9-7-6-8-10-12)24-15-11-13(17(22)20-5-2)21-16(15)18(23)19-3;1-4-20-16(22)13-9-14(15(21-13)17(23)19-3)24-10(2)11-5-7-12(18)8-6-11/h5-10,24H,4H2,1-3H3,(H,22,26)(H,23,25);6-11,14,21H,4-5H2,1-3H3,(H,19,23)(H,20,22);5-10,21H,4H2,1-3H3,(H,19,23)(H,20,22). The van der Waals surface area contributed by atoms with Crippen molar-refractivity contribution in [3.05, 3.63) is 159 Å². The zero-order chi connectivity index (χ0) is 55.4. The van der Waals surface area contributed by atoms with Crippen molar-refractivity contribution in [3.8, 4) is 17.2 Å². The molecular weight excluding hydrogens is 983 g/mol. The van der Waals surface area contributed by atoms with E-state index >= 15 is 0 Å². The minimum atomic E-state index is -4.47. The summed E-state index contributed by atoms with van der Waals surface area (Å²) in [6.07, 6.45) is -5.14. The number of hydrogen-bond acceptors (Lipinski definition) is 9. The maximum atomic E-state index is 13.0. The summed E-state index contributed by atoms with van der Waals surface area (Å²) in [5, 5.41) is 15.4. The molecule has 3 heterocycles. The van der Waals surface area contributed by atoms with Gasteiger partial charge in [0.2, 0.25) is 0 Å². The van der Waals surface area contributed by atoms with Crippen LogP contribution in [0.1, 0.15) is 151 Å². The Hall–Kier alpha value is -8.56. The fraction of sp³-hybridized carbons (Fsp3) is 0.321. The van der Waals surface area contributed by atoms with Gasteiger partial charge in [-0.05, 0) is 82.0 Å². The highest BCUT2D eigenvalue weighted by Crippen LogP contribution is 2.33. The zero-order valence-corrected chi connectivity index (χ0v) is 43.0. The molecule has 6 amide bonds. The van der Waals surface area contributed by atoms with E-state index < -0.39 is 41.7 Å². The molecule has 0 saturated heterocycles. The van der Waals surface area contributed by atoms with Crippen molar-refractivity contribution in [1.82, 2.24) is 46.9 Å². The first-order chi connectivity index (χ1) is 35.7. The van der Waals surface area contributed by atoms with Gasteiger partial charge in [-0.3, -0.25) is 28.8 Å². The van der Waals surface area contributed by atoms with Gasteiger partial charge in [0.1, 0.15) is 58.3 Å². The lowest BCUT2D eigenvalue weighted by Crippen LogP contribution is -2.23. The van der Waals surface area contributed by atoms with Crippen LogP contribution in [0.5, 0.6) is 17.2 Å². The van der Waals surface area contributed by atoms with E-state index in [2.05, 4.69) is 46.9 Å². The third kappa shape index (κ3) is 16.5. The van der Waals surface area contributed by atoms with E-state index in [9.17, 15) is 46.3 Å². The molecule has 3 aromatic heterocycles. The second-order valence-electron chi connectivity index (χ2n) is 16.2. The topological polar surface area (TPSA) is 250 Å². The molecule has 3 unspecified atom stereocenters. The molecule has 3 aromatic carbocycles. The molecule has 22 heteroatoms. The predicted octanol–water partition coefficient (Wildman–Crippen LogP) is 8.34. The number of carbonyl (C=O) groups is 6. The van der Waals surface area contributed by atoms with Gasteiger partial charge in [-0.25, -0.2) is 4.39 Å². The summed E-state index contributed by atoms with van der Waals surface area (Å²) in [7, 11) is 4.43. The maximum absolute atomic E-state index is 13.0. The number of rotatable bonds is 19. The summed E-state index contributed by atoms with van der Waals surface area (Å²) in [5.74, 6) is -1.91. The molecular formula is C53H63F4N9O9. The molecule has 75 heavy (non-hydrogen) atoms. The van der Waals surface area contributed by atoms with Crippen LogP contribution in [-0.2, 0) is 6.18 Å². The Balaban J connectivity index is 0.000000244. The van der Waals surface area contributed by atoms with E-state index in [0.29, 0.717) is 31.1 Å². The first-order valence-electron chi connectivity index (χ1n) is 23.9. The minimum absolute atomic E-state index is 0.0116. The van der Waals surface area contributed by atoms with Gasteiger partial charge in [0.15, 0.2) is 17.2 Å². The number of benzene rings is 3. The quantitative estimate of drug-likeness (QED) is 0.0353. The fourth-order valence-corrected chi connectivity index (χ4v) is 7.03.